The average Bonchev–Trinajstić information content (AvgIpc) is 2.67. The number of nitrogens with two attached hydrogens (primary N) is 1. The molecule has 0 spiro atoms. The van der Waals surface area contributed by atoms with Crippen LogP contribution in [0.15, 0.2) is 22.7 Å². The van der Waals surface area contributed by atoms with Gasteiger partial charge in [0.25, 0.3) is 0 Å². The highest BCUT2D eigenvalue weighted by Crippen LogP contribution is 2.35. The minimum absolute atomic E-state index is 0.0144. The Labute approximate surface area is 98.0 Å². The Hall–Kier alpha value is -0.410. The van der Waals surface area contributed by atoms with Crippen molar-refractivity contribution in [3.63, 3.8) is 0 Å². The van der Waals surface area contributed by atoms with Gasteiger partial charge in [-0.1, -0.05) is 28.8 Å². The first-order valence-corrected chi connectivity index (χ1v) is 6.17. The molecular formula is C12H15BrFN. The van der Waals surface area contributed by atoms with E-state index in [0.717, 1.165) is 10.0 Å². The molecule has 0 aliphatic heterocycles. The molecule has 1 atom stereocenters. The molecule has 1 aliphatic carbocycles. The molecule has 3 heteroatoms. The van der Waals surface area contributed by atoms with Crippen molar-refractivity contribution >= 4 is 15.9 Å². The molecule has 1 unspecified atom stereocenters. The monoisotopic (exact) mass is 271 g/mol. The van der Waals surface area contributed by atoms with Crippen LogP contribution in [0.2, 0.25) is 0 Å². The molecule has 0 aromatic heterocycles. The Morgan fingerprint density at radius 2 is 1.93 bits per heavy atom. The van der Waals surface area contributed by atoms with Crippen LogP contribution in [0.5, 0.6) is 0 Å². The maximum Gasteiger partial charge on any atom is 0.124 e. The Balaban J connectivity index is 2.20. The third kappa shape index (κ3) is 2.58. The normalized spacial score (nSPS) is 19.4. The zero-order valence-electron chi connectivity index (χ0n) is 8.55. The highest BCUT2D eigenvalue weighted by molar-refractivity contribution is 9.10. The molecule has 0 heterocycles. The fourth-order valence-corrected chi connectivity index (χ4v) is 2.84. The van der Waals surface area contributed by atoms with Crippen molar-refractivity contribution in [2.45, 2.75) is 31.7 Å². The lowest BCUT2D eigenvalue weighted by Crippen LogP contribution is -2.19. The largest absolute Gasteiger partial charge is 0.324 e. The first-order chi connectivity index (χ1) is 7.16. The summed E-state index contributed by atoms with van der Waals surface area (Å²) in [5, 5.41) is 0. The van der Waals surface area contributed by atoms with E-state index < -0.39 is 0 Å². The van der Waals surface area contributed by atoms with Crippen molar-refractivity contribution in [3.05, 3.63) is 34.1 Å². The van der Waals surface area contributed by atoms with Crippen LogP contribution in [-0.2, 0) is 0 Å². The summed E-state index contributed by atoms with van der Waals surface area (Å²) in [4.78, 5) is 0. The summed E-state index contributed by atoms with van der Waals surface area (Å²) in [7, 11) is 0. The Morgan fingerprint density at radius 1 is 1.27 bits per heavy atom. The minimum atomic E-state index is -0.215. The van der Waals surface area contributed by atoms with Gasteiger partial charge in [0.2, 0.25) is 0 Å². The van der Waals surface area contributed by atoms with Crippen LogP contribution in [0.1, 0.15) is 37.3 Å². The molecule has 0 amide bonds. The van der Waals surface area contributed by atoms with Crippen LogP contribution in [0.25, 0.3) is 0 Å². The Kier molecular flexibility index (Phi) is 3.42. The molecule has 1 nitrogen and oxygen atoms in total. The van der Waals surface area contributed by atoms with Crippen molar-refractivity contribution in [3.8, 4) is 0 Å². The summed E-state index contributed by atoms with van der Waals surface area (Å²) in [6.07, 6.45) is 4.87. The maximum absolute atomic E-state index is 13.2. The molecule has 2 rings (SSSR count). The molecule has 2 N–H and O–H groups in total. The van der Waals surface area contributed by atoms with E-state index in [1.807, 2.05) is 6.07 Å². The lowest BCUT2D eigenvalue weighted by atomic mass is 9.92. The third-order valence-corrected chi connectivity index (χ3v) is 3.64. The fourth-order valence-electron chi connectivity index (χ4n) is 2.36. The van der Waals surface area contributed by atoms with E-state index in [-0.39, 0.29) is 11.9 Å². The van der Waals surface area contributed by atoms with Gasteiger partial charge in [0.05, 0.1) is 0 Å². The van der Waals surface area contributed by atoms with Crippen molar-refractivity contribution in [1.29, 1.82) is 0 Å². The molecule has 15 heavy (non-hydrogen) atoms. The fraction of sp³-hybridized carbons (Fsp3) is 0.500. The predicted molar refractivity (Wildman–Crippen MR) is 63.0 cm³/mol. The zero-order chi connectivity index (χ0) is 10.8. The summed E-state index contributed by atoms with van der Waals surface area (Å²) in [5.74, 6) is 0.312. The molecule has 1 fully saturated rings. The van der Waals surface area contributed by atoms with Crippen LogP contribution in [0, 0.1) is 11.7 Å². The summed E-state index contributed by atoms with van der Waals surface area (Å²) in [6.45, 7) is 0. The summed E-state index contributed by atoms with van der Waals surface area (Å²) >= 11 is 3.29. The van der Waals surface area contributed by atoms with Crippen LogP contribution in [0.3, 0.4) is 0 Å². The van der Waals surface area contributed by atoms with Crippen molar-refractivity contribution in [1.82, 2.24) is 0 Å². The Bertz CT molecular complexity index is 327. The number of halogens is 2. The van der Waals surface area contributed by atoms with Gasteiger partial charge in [-0.25, -0.2) is 4.39 Å². The molecule has 0 saturated heterocycles. The predicted octanol–water partition coefficient (Wildman–Crippen LogP) is 3.78. The molecule has 1 saturated carbocycles. The molecule has 82 valence electrons. The number of benzene rings is 1. The molecule has 0 radical (unpaired) electrons. The van der Waals surface area contributed by atoms with Gasteiger partial charge in [-0.2, -0.15) is 0 Å². The summed E-state index contributed by atoms with van der Waals surface area (Å²) < 4.78 is 14.0. The standard InChI is InChI=1S/C12H15BrFN/c13-10-5-9(6-11(14)7-10)12(15)8-3-1-2-4-8/h5-8,12H,1-4,15H2. The van der Waals surface area contributed by atoms with E-state index in [9.17, 15) is 4.39 Å². The van der Waals surface area contributed by atoms with E-state index in [2.05, 4.69) is 15.9 Å². The van der Waals surface area contributed by atoms with E-state index in [0.29, 0.717) is 5.92 Å². The molecule has 0 bridgehead atoms. The van der Waals surface area contributed by atoms with Crippen molar-refractivity contribution in [2.75, 3.05) is 0 Å². The van der Waals surface area contributed by atoms with Gasteiger partial charge in [0.15, 0.2) is 0 Å². The third-order valence-electron chi connectivity index (χ3n) is 3.18. The maximum atomic E-state index is 13.2. The van der Waals surface area contributed by atoms with Crippen LogP contribution < -0.4 is 5.73 Å². The first kappa shape index (κ1) is 11.1. The van der Waals surface area contributed by atoms with Crippen LogP contribution in [-0.4, -0.2) is 0 Å². The smallest absolute Gasteiger partial charge is 0.124 e. The Morgan fingerprint density at radius 3 is 2.53 bits per heavy atom. The van der Waals surface area contributed by atoms with Gasteiger partial charge >= 0.3 is 0 Å². The second-order valence-electron chi connectivity index (χ2n) is 4.27. The van der Waals surface area contributed by atoms with Gasteiger partial charge in [0.1, 0.15) is 5.82 Å². The van der Waals surface area contributed by atoms with Crippen molar-refractivity contribution in [2.24, 2.45) is 11.7 Å². The summed E-state index contributed by atoms with van der Waals surface area (Å²) in [6, 6.07) is 4.92. The molecule has 1 aliphatic rings. The van der Waals surface area contributed by atoms with Crippen LogP contribution >= 0.6 is 15.9 Å². The topological polar surface area (TPSA) is 26.0 Å². The van der Waals surface area contributed by atoms with Gasteiger partial charge < -0.3 is 5.73 Å². The van der Waals surface area contributed by atoms with E-state index >= 15 is 0 Å². The lowest BCUT2D eigenvalue weighted by Gasteiger charge is -2.19. The van der Waals surface area contributed by atoms with Crippen molar-refractivity contribution < 1.29 is 4.39 Å². The average molecular weight is 272 g/mol. The van der Waals surface area contributed by atoms with E-state index in [1.54, 1.807) is 6.07 Å². The first-order valence-electron chi connectivity index (χ1n) is 5.38. The van der Waals surface area contributed by atoms with Crippen LogP contribution in [0.4, 0.5) is 4.39 Å². The minimum Gasteiger partial charge on any atom is -0.324 e. The number of rotatable bonds is 2. The number of hydrogen-bond donors (Lipinski definition) is 1. The summed E-state index contributed by atoms with van der Waals surface area (Å²) in [5.41, 5.74) is 7.06. The highest BCUT2D eigenvalue weighted by Gasteiger charge is 2.23. The second-order valence-corrected chi connectivity index (χ2v) is 5.19. The lowest BCUT2D eigenvalue weighted by molar-refractivity contribution is 0.443. The zero-order valence-corrected chi connectivity index (χ0v) is 10.1. The van der Waals surface area contributed by atoms with Gasteiger partial charge in [-0.3, -0.25) is 0 Å². The quantitative estimate of drug-likeness (QED) is 0.871. The SMILES string of the molecule is NC(c1cc(F)cc(Br)c1)C1CCCC1. The van der Waals surface area contributed by atoms with E-state index in [4.69, 9.17) is 5.73 Å². The van der Waals surface area contributed by atoms with Gasteiger partial charge in [0, 0.05) is 10.5 Å². The van der Waals surface area contributed by atoms with Gasteiger partial charge in [-0.05, 0) is 42.5 Å². The number of hydrogen-bond acceptors (Lipinski definition) is 1. The van der Waals surface area contributed by atoms with E-state index in [1.165, 1.54) is 31.7 Å². The molecule has 1 aromatic rings. The molecular weight excluding hydrogens is 257 g/mol. The van der Waals surface area contributed by atoms with Gasteiger partial charge in [-0.15, -0.1) is 0 Å². The second kappa shape index (κ2) is 4.62. The highest BCUT2D eigenvalue weighted by atomic mass is 79.9. The molecule has 1 aromatic carbocycles.